The van der Waals surface area contributed by atoms with Crippen LogP contribution >= 0.6 is 0 Å². The van der Waals surface area contributed by atoms with E-state index in [2.05, 4.69) is 38.6 Å². The van der Waals surface area contributed by atoms with Crippen LogP contribution < -0.4 is 4.90 Å². The van der Waals surface area contributed by atoms with Gasteiger partial charge in [-0.25, -0.2) is 15.0 Å². The predicted molar refractivity (Wildman–Crippen MR) is 87.2 cm³/mol. The van der Waals surface area contributed by atoms with E-state index in [-0.39, 0.29) is 0 Å². The molecule has 2 saturated heterocycles. The number of likely N-dealkylation sites (tertiary alicyclic amines) is 1. The number of aromatic nitrogens is 3. The van der Waals surface area contributed by atoms with E-state index >= 15 is 0 Å². The Kier molecular flexibility index (Phi) is 3.56. The molecule has 122 valence electrons. The van der Waals surface area contributed by atoms with Crippen molar-refractivity contribution in [3.05, 3.63) is 35.4 Å². The zero-order chi connectivity index (χ0) is 16.0. The van der Waals surface area contributed by atoms with Gasteiger partial charge in [-0.2, -0.15) is 0 Å². The maximum Gasteiger partial charge on any atom is 0.208 e. The minimum absolute atomic E-state index is 0.709. The van der Waals surface area contributed by atoms with Gasteiger partial charge < -0.3 is 9.32 Å². The molecule has 6 nitrogen and oxygen atoms in total. The highest BCUT2D eigenvalue weighted by Crippen LogP contribution is 2.35. The van der Waals surface area contributed by atoms with Crippen molar-refractivity contribution in [3.63, 3.8) is 0 Å². The van der Waals surface area contributed by atoms with Gasteiger partial charge in [-0.15, -0.1) is 0 Å². The van der Waals surface area contributed by atoms with Crippen LogP contribution in [0.3, 0.4) is 0 Å². The standard InChI is InChI=1S/C17H23N5O/c1-11-4-18-16(23-11)9-21-5-14-7-22(8-15(14)6-21)17-12(2)13(3)19-10-20-17/h4,10,14-15H,5-9H2,1-3H3. The van der Waals surface area contributed by atoms with E-state index in [0.29, 0.717) is 11.8 Å². The summed E-state index contributed by atoms with van der Waals surface area (Å²) < 4.78 is 5.61. The molecule has 0 spiro atoms. The lowest BCUT2D eigenvalue weighted by molar-refractivity contribution is 0.271. The topological polar surface area (TPSA) is 58.3 Å². The molecule has 4 heterocycles. The Labute approximate surface area is 136 Å². The van der Waals surface area contributed by atoms with Crippen LogP contribution in [0.5, 0.6) is 0 Å². The summed E-state index contributed by atoms with van der Waals surface area (Å²) >= 11 is 0. The molecule has 4 rings (SSSR count). The molecule has 0 saturated carbocycles. The molecular formula is C17H23N5O. The van der Waals surface area contributed by atoms with E-state index < -0.39 is 0 Å². The van der Waals surface area contributed by atoms with Crippen LogP contribution in [-0.4, -0.2) is 46.0 Å². The maximum absolute atomic E-state index is 5.61. The summed E-state index contributed by atoms with van der Waals surface area (Å²) in [5, 5.41) is 0. The minimum atomic E-state index is 0.709. The molecule has 0 aliphatic carbocycles. The van der Waals surface area contributed by atoms with Gasteiger partial charge in [0.1, 0.15) is 17.9 Å². The second-order valence-corrected chi connectivity index (χ2v) is 6.89. The predicted octanol–water partition coefficient (Wildman–Crippen LogP) is 1.96. The largest absolute Gasteiger partial charge is 0.445 e. The third-order valence-corrected chi connectivity index (χ3v) is 5.20. The molecule has 6 heteroatoms. The summed E-state index contributed by atoms with van der Waals surface area (Å²) in [6.45, 7) is 11.3. The number of hydrogen-bond acceptors (Lipinski definition) is 6. The van der Waals surface area contributed by atoms with Gasteiger partial charge in [0.2, 0.25) is 5.89 Å². The lowest BCUT2D eigenvalue weighted by Gasteiger charge is -2.23. The van der Waals surface area contributed by atoms with E-state index in [9.17, 15) is 0 Å². The zero-order valence-electron chi connectivity index (χ0n) is 14.0. The summed E-state index contributed by atoms with van der Waals surface area (Å²) in [6, 6.07) is 0. The average molecular weight is 313 g/mol. The smallest absolute Gasteiger partial charge is 0.208 e. The van der Waals surface area contributed by atoms with Gasteiger partial charge in [0.15, 0.2) is 0 Å². The third kappa shape index (κ3) is 2.72. The average Bonchev–Trinajstić information content (AvgIpc) is 3.17. The van der Waals surface area contributed by atoms with Crippen LogP contribution in [0, 0.1) is 32.6 Å². The summed E-state index contributed by atoms with van der Waals surface area (Å²) in [6.07, 6.45) is 3.48. The molecule has 2 fully saturated rings. The Morgan fingerprint density at radius 2 is 1.78 bits per heavy atom. The van der Waals surface area contributed by atoms with Crippen LogP contribution in [-0.2, 0) is 6.54 Å². The van der Waals surface area contributed by atoms with Crippen molar-refractivity contribution in [2.24, 2.45) is 11.8 Å². The highest BCUT2D eigenvalue weighted by atomic mass is 16.4. The number of rotatable bonds is 3. The van der Waals surface area contributed by atoms with Crippen molar-refractivity contribution < 1.29 is 4.42 Å². The second-order valence-electron chi connectivity index (χ2n) is 6.89. The zero-order valence-corrected chi connectivity index (χ0v) is 14.0. The maximum atomic E-state index is 5.61. The minimum Gasteiger partial charge on any atom is -0.445 e. The van der Waals surface area contributed by atoms with Gasteiger partial charge in [0, 0.05) is 37.4 Å². The van der Waals surface area contributed by atoms with Crippen LogP contribution in [0.2, 0.25) is 0 Å². The van der Waals surface area contributed by atoms with Gasteiger partial charge in [0.05, 0.1) is 12.7 Å². The number of hydrogen-bond donors (Lipinski definition) is 0. The fraction of sp³-hybridized carbons (Fsp3) is 0.588. The molecule has 0 bridgehead atoms. The fourth-order valence-corrected chi connectivity index (χ4v) is 3.90. The summed E-state index contributed by atoms with van der Waals surface area (Å²) in [7, 11) is 0. The highest BCUT2D eigenvalue weighted by Gasteiger charge is 2.41. The Morgan fingerprint density at radius 1 is 1.04 bits per heavy atom. The molecule has 2 aliphatic heterocycles. The van der Waals surface area contributed by atoms with Crippen molar-refractivity contribution in [1.29, 1.82) is 0 Å². The summed E-state index contributed by atoms with van der Waals surface area (Å²) in [5.74, 6) is 4.25. The van der Waals surface area contributed by atoms with E-state index in [1.165, 1.54) is 5.56 Å². The Bertz CT molecular complexity index is 699. The molecule has 2 aromatic rings. The summed E-state index contributed by atoms with van der Waals surface area (Å²) in [5.41, 5.74) is 2.28. The number of nitrogens with zero attached hydrogens (tertiary/aromatic N) is 5. The first-order chi connectivity index (χ1) is 11.1. The SMILES string of the molecule is Cc1cnc(CN2CC3CN(c4ncnc(C)c4C)CC3C2)o1. The van der Waals surface area contributed by atoms with E-state index in [0.717, 1.165) is 55.9 Å². The number of anilines is 1. The molecule has 2 unspecified atom stereocenters. The van der Waals surface area contributed by atoms with Gasteiger partial charge in [-0.3, -0.25) is 4.90 Å². The van der Waals surface area contributed by atoms with E-state index in [1.54, 1.807) is 12.5 Å². The van der Waals surface area contributed by atoms with Crippen LogP contribution in [0.4, 0.5) is 5.82 Å². The molecule has 2 atom stereocenters. The Balaban J connectivity index is 1.41. The van der Waals surface area contributed by atoms with Crippen LogP contribution in [0.25, 0.3) is 0 Å². The fourth-order valence-electron chi connectivity index (χ4n) is 3.90. The second kappa shape index (κ2) is 5.60. The first-order valence-corrected chi connectivity index (χ1v) is 8.27. The van der Waals surface area contributed by atoms with Gasteiger partial charge in [-0.05, 0) is 32.6 Å². The molecular weight excluding hydrogens is 290 g/mol. The molecule has 0 amide bonds. The molecule has 23 heavy (non-hydrogen) atoms. The van der Waals surface area contributed by atoms with Gasteiger partial charge in [-0.1, -0.05) is 0 Å². The molecule has 0 N–H and O–H groups in total. The van der Waals surface area contributed by atoms with Crippen LogP contribution in [0.1, 0.15) is 22.9 Å². The van der Waals surface area contributed by atoms with E-state index in [4.69, 9.17) is 4.42 Å². The first-order valence-electron chi connectivity index (χ1n) is 8.27. The number of fused-ring (bicyclic) bond motifs is 1. The lowest BCUT2D eigenvalue weighted by Crippen LogP contribution is -2.29. The molecule has 0 aromatic carbocycles. The molecule has 2 aromatic heterocycles. The van der Waals surface area contributed by atoms with Crippen molar-refractivity contribution in [2.75, 3.05) is 31.1 Å². The Hall–Kier alpha value is -1.95. The first kappa shape index (κ1) is 14.6. The quantitative estimate of drug-likeness (QED) is 0.863. The monoisotopic (exact) mass is 313 g/mol. The number of aryl methyl sites for hydroxylation is 2. The van der Waals surface area contributed by atoms with Gasteiger partial charge in [0.25, 0.3) is 0 Å². The van der Waals surface area contributed by atoms with E-state index in [1.807, 2.05) is 6.92 Å². The molecule has 2 aliphatic rings. The molecule has 0 radical (unpaired) electrons. The van der Waals surface area contributed by atoms with Crippen LogP contribution in [0.15, 0.2) is 16.9 Å². The lowest BCUT2D eigenvalue weighted by atomic mass is 10.0. The summed E-state index contributed by atoms with van der Waals surface area (Å²) in [4.78, 5) is 18.0. The van der Waals surface area contributed by atoms with Crippen molar-refractivity contribution >= 4 is 5.82 Å². The normalized spacial score (nSPS) is 24.4. The third-order valence-electron chi connectivity index (χ3n) is 5.20. The highest BCUT2D eigenvalue weighted by molar-refractivity contribution is 5.48. The van der Waals surface area contributed by atoms with Crippen molar-refractivity contribution in [1.82, 2.24) is 19.9 Å². The van der Waals surface area contributed by atoms with Crippen molar-refractivity contribution in [2.45, 2.75) is 27.3 Å². The Morgan fingerprint density at radius 3 is 2.43 bits per heavy atom. The number of oxazole rings is 1. The van der Waals surface area contributed by atoms with Crippen molar-refractivity contribution in [3.8, 4) is 0 Å². The van der Waals surface area contributed by atoms with Gasteiger partial charge >= 0.3 is 0 Å².